The Bertz CT molecular complexity index is 3090. The number of rotatable bonds is 7. The molecule has 0 radical (unpaired) electrons. The van der Waals surface area contributed by atoms with Gasteiger partial charge >= 0.3 is 0 Å². The molecule has 0 amide bonds. The molecule has 0 bridgehead atoms. The molecule has 58 heavy (non-hydrogen) atoms. The third-order valence-corrected chi connectivity index (χ3v) is 12.7. The van der Waals surface area contributed by atoms with Crippen LogP contribution in [0.1, 0.15) is 0 Å². The van der Waals surface area contributed by atoms with Crippen LogP contribution in [0.5, 0.6) is 0 Å². The van der Waals surface area contributed by atoms with Crippen molar-refractivity contribution in [3.05, 3.63) is 224 Å². The van der Waals surface area contributed by atoms with Gasteiger partial charge in [-0.1, -0.05) is 176 Å². The van der Waals surface area contributed by atoms with Crippen molar-refractivity contribution in [2.45, 2.75) is 0 Å². The van der Waals surface area contributed by atoms with Gasteiger partial charge in [-0.3, -0.25) is 0 Å². The van der Waals surface area contributed by atoms with Gasteiger partial charge in [-0.15, -0.1) is 11.3 Å². The lowest BCUT2D eigenvalue weighted by Gasteiger charge is -2.26. The summed E-state index contributed by atoms with van der Waals surface area (Å²) in [6, 6.07) is 81.9. The Morgan fingerprint density at radius 3 is 1.31 bits per heavy atom. The van der Waals surface area contributed by atoms with Gasteiger partial charge in [0.15, 0.2) is 0 Å². The number of benzene rings is 10. The van der Waals surface area contributed by atoms with Crippen LogP contribution in [-0.2, 0) is 0 Å². The normalized spacial score (nSPS) is 11.4. The van der Waals surface area contributed by atoms with Gasteiger partial charge in [0.05, 0.1) is 10.4 Å². The fourth-order valence-corrected chi connectivity index (χ4v) is 9.79. The zero-order valence-corrected chi connectivity index (χ0v) is 32.5. The van der Waals surface area contributed by atoms with Crippen molar-refractivity contribution >= 4 is 70.1 Å². The highest BCUT2D eigenvalue weighted by molar-refractivity contribution is 7.26. The first kappa shape index (κ1) is 34.0. The number of hydrogen-bond acceptors (Lipinski definition) is 2. The minimum atomic E-state index is 1.12. The Labute approximate surface area is 342 Å². The summed E-state index contributed by atoms with van der Waals surface area (Å²) in [6.07, 6.45) is 0. The summed E-state index contributed by atoms with van der Waals surface area (Å²) in [7, 11) is 0. The van der Waals surface area contributed by atoms with Crippen LogP contribution in [0.3, 0.4) is 0 Å². The van der Waals surface area contributed by atoms with Gasteiger partial charge in [0, 0.05) is 26.8 Å². The lowest BCUT2D eigenvalue weighted by molar-refractivity contribution is 1.30. The molecule has 0 aliphatic carbocycles. The van der Waals surface area contributed by atoms with Crippen molar-refractivity contribution in [3.63, 3.8) is 0 Å². The third kappa shape index (κ3) is 6.03. The molecular weight excluding hydrogens is 719 g/mol. The topological polar surface area (TPSA) is 3.24 Å². The van der Waals surface area contributed by atoms with Crippen LogP contribution in [-0.4, -0.2) is 0 Å². The Hall–Kier alpha value is -7.26. The van der Waals surface area contributed by atoms with Crippen molar-refractivity contribution in [2.24, 2.45) is 0 Å². The summed E-state index contributed by atoms with van der Waals surface area (Å²) in [5.41, 5.74) is 13.2. The van der Waals surface area contributed by atoms with Crippen LogP contribution >= 0.6 is 11.3 Å². The molecule has 11 aromatic rings. The van der Waals surface area contributed by atoms with E-state index in [-0.39, 0.29) is 0 Å². The van der Waals surface area contributed by atoms with E-state index in [1.54, 1.807) is 0 Å². The summed E-state index contributed by atoms with van der Waals surface area (Å²) < 4.78 is 2.58. The van der Waals surface area contributed by atoms with E-state index in [9.17, 15) is 0 Å². The lowest BCUT2D eigenvalue weighted by Crippen LogP contribution is -2.10. The molecule has 0 N–H and O–H groups in total. The van der Waals surface area contributed by atoms with Crippen molar-refractivity contribution in [3.8, 4) is 44.5 Å². The van der Waals surface area contributed by atoms with Gasteiger partial charge < -0.3 is 4.90 Å². The van der Waals surface area contributed by atoms with E-state index in [1.807, 2.05) is 11.3 Å². The molecule has 0 spiro atoms. The van der Waals surface area contributed by atoms with Crippen molar-refractivity contribution in [1.29, 1.82) is 0 Å². The maximum absolute atomic E-state index is 2.42. The monoisotopic (exact) mass is 755 g/mol. The summed E-state index contributed by atoms with van der Waals surface area (Å²) in [5.74, 6) is 0. The molecule has 1 nitrogen and oxygen atoms in total. The fourth-order valence-electron chi connectivity index (χ4n) is 8.58. The van der Waals surface area contributed by atoms with Gasteiger partial charge in [-0.25, -0.2) is 0 Å². The number of hydrogen-bond donors (Lipinski definition) is 0. The third-order valence-electron chi connectivity index (χ3n) is 11.5. The second kappa shape index (κ2) is 14.4. The maximum atomic E-state index is 2.42. The maximum Gasteiger partial charge on any atom is 0.0640 e. The number of thiophene rings is 1. The van der Waals surface area contributed by atoms with E-state index >= 15 is 0 Å². The Kier molecular flexibility index (Phi) is 8.42. The average Bonchev–Trinajstić information content (AvgIpc) is 3.69. The van der Waals surface area contributed by atoms with Crippen molar-refractivity contribution in [1.82, 2.24) is 0 Å². The lowest BCUT2D eigenvalue weighted by atomic mass is 9.94. The largest absolute Gasteiger partial charge is 0.309 e. The van der Waals surface area contributed by atoms with Gasteiger partial charge in [0.2, 0.25) is 0 Å². The van der Waals surface area contributed by atoms with Crippen LogP contribution in [0.2, 0.25) is 0 Å². The van der Waals surface area contributed by atoms with E-state index < -0.39 is 0 Å². The highest BCUT2D eigenvalue weighted by atomic mass is 32.1. The Balaban J connectivity index is 1.01. The predicted octanol–water partition coefficient (Wildman–Crippen LogP) is 16.5. The van der Waals surface area contributed by atoms with E-state index in [4.69, 9.17) is 0 Å². The molecule has 272 valence electrons. The molecule has 10 aromatic carbocycles. The quantitative estimate of drug-likeness (QED) is 0.157. The van der Waals surface area contributed by atoms with E-state index in [1.165, 1.54) is 91.9 Å². The molecule has 1 heterocycles. The molecular formula is C56H37NS. The zero-order valence-electron chi connectivity index (χ0n) is 31.7. The van der Waals surface area contributed by atoms with Crippen LogP contribution in [0.4, 0.5) is 17.1 Å². The zero-order chi connectivity index (χ0) is 38.4. The number of anilines is 3. The highest BCUT2D eigenvalue weighted by Gasteiger charge is 2.19. The SMILES string of the molecule is c1ccc(-c2cccc3ccc(-c4ccc(N(c5ccc(-c6ccc7cccc(-c8ccccc8)c7c6)cc5)c5cccc6c5sc5ccccc56)cc4)cc23)cc1. The molecule has 0 atom stereocenters. The molecule has 1 aromatic heterocycles. The minimum absolute atomic E-state index is 1.12. The predicted molar refractivity (Wildman–Crippen MR) is 251 cm³/mol. The number of fused-ring (bicyclic) bond motifs is 5. The molecule has 2 heteroatoms. The molecule has 0 aliphatic heterocycles. The van der Waals surface area contributed by atoms with Crippen molar-refractivity contribution in [2.75, 3.05) is 4.90 Å². The van der Waals surface area contributed by atoms with Gasteiger partial charge in [0.25, 0.3) is 0 Å². The van der Waals surface area contributed by atoms with Crippen LogP contribution in [0.15, 0.2) is 224 Å². The Morgan fingerprint density at radius 1 is 0.293 bits per heavy atom. The van der Waals surface area contributed by atoms with Gasteiger partial charge in [0.1, 0.15) is 0 Å². The second-order valence-electron chi connectivity index (χ2n) is 14.9. The first-order chi connectivity index (χ1) is 28.7. The molecule has 0 fully saturated rings. The summed E-state index contributed by atoms with van der Waals surface area (Å²) >= 11 is 1.87. The van der Waals surface area contributed by atoms with Gasteiger partial charge in [-0.05, 0) is 115 Å². The fraction of sp³-hybridized carbons (Fsp3) is 0. The molecule has 0 aliphatic rings. The standard InChI is InChI=1S/C56H37NS/c1-3-12-40(13-4-1)48-19-9-16-42-24-26-44(36-52(42)48)38-28-32-46(33-29-38)57(54-22-11-21-51-50-18-7-8-23-55(50)58-56(51)54)47-34-30-39(31-35-47)45-27-25-43-17-10-20-49(53(43)37-45)41-14-5-2-6-15-41/h1-37H. The van der Waals surface area contributed by atoms with E-state index in [2.05, 4.69) is 229 Å². The molecule has 0 saturated heterocycles. The summed E-state index contributed by atoms with van der Waals surface area (Å²) in [4.78, 5) is 2.42. The molecule has 0 saturated carbocycles. The highest BCUT2D eigenvalue weighted by Crippen LogP contribution is 2.45. The molecule has 11 rings (SSSR count). The van der Waals surface area contributed by atoms with Gasteiger partial charge in [-0.2, -0.15) is 0 Å². The summed E-state index contributed by atoms with van der Waals surface area (Å²) in [5, 5.41) is 7.59. The smallest absolute Gasteiger partial charge is 0.0640 e. The van der Waals surface area contributed by atoms with E-state index in [0.717, 1.165) is 11.4 Å². The second-order valence-corrected chi connectivity index (χ2v) is 15.9. The molecule has 0 unspecified atom stereocenters. The Morgan fingerprint density at radius 2 is 0.759 bits per heavy atom. The minimum Gasteiger partial charge on any atom is -0.309 e. The van der Waals surface area contributed by atoms with E-state index in [0.29, 0.717) is 0 Å². The van der Waals surface area contributed by atoms with Crippen molar-refractivity contribution < 1.29 is 0 Å². The summed E-state index contributed by atoms with van der Waals surface area (Å²) in [6.45, 7) is 0. The van der Waals surface area contributed by atoms with Crippen LogP contribution < -0.4 is 4.90 Å². The van der Waals surface area contributed by atoms with Crippen LogP contribution in [0.25, 0.3) is 86.2 Å². The number of nitrogens with zero attached hydrogens (tertiary/aromatic N) is 1. The first-order valence-corrected chi connectivity index (χ1v) is 20.6. The first-order valence-electron chi connectivity index (χ1n) is 19.8. The average molecular weight is 756 g/mol. The van der Waals surface area contributed by atoms with Crippen LogP contribution in [0, 0.1) is 0 Å².